The number of alkyl halides is 3. The largest absolute Gasteiger partial charge is 0.416 e. The number of piperidine rings is 1. The van der Waals surface area contributed by atoms with Crippen LogP contribution in [0.15, 0.2) is 52.5 Å². The molecule has 1 saturated heterocycles. The lowest BCUT2D eigenvalue weighted by Crippen LogP contribution is -2.33. The first kappa shape index (κ1) is 29.3. The predicted octanol–water partition coefficient (Wildman–Crippen LogP) is 5.20. The summed E-state index contributed by atoms with van der Waals surface area (Å²) in [5.41, 5.74) is -0.454. The quantitative estimate of drug-likeness (QED) is 0.429. The van der Waals surface area contributed by atoms with Gasteiger partial charge in [0.15, 0.2) is 5.17 Å². The first-order chi connectivity index (χ1) is 18.9. The number of nitrogens with zero attached hydrogens (tertiary/aromatic N) is 4. The maximum atomic E-state index is 13.8. The highest BCUT2D eigenvalue weighted by molar-refractivity contribution is 8.18. The lowest BCUT2D eigenvalue weighted by atomic mass is 9.93. The molecular formula is C28H27F3N4O4S. The van der Waals surface area contributed by atoms with Crippen molar-refractivity contribution in [2.45, 2.75) is 51.4 Å². The third-order valence-electron chi connectivity index (χ3n) is 6.64. The van der Waals surface area contributed by atoms with Gasteiger partial charge in [-0.15, -0.1) is 0 Å². The van der Waals surface area contributed by atoms with Crippen LogP contribution in [0.4, 0.5) is 13.2 Å². The zero-order valence-corrected chi connectivity index (χ0v) is 22.7. The van der Waals surface area contributed by atoms with Gasteiger partial charge in [-0.05, 0) is 85.8 Å². The molecule has 40 heavy (non-hydrogen) atoms. The Kier molecular flexibility index (Phi) is 8.62. The Morgan fingerprint density at radius 3 is 2.42 bits per heavy atom. The van der Waals surface area contributed by atoms with E-state index in [-0.39, 0.29) is 29.7 Å². The monoisotopic (exact) mass is 572 g/mol. The molecule has 1 aromatic heterocycles. The van der Waals surface area contributed by atoms with Gasteiger partial charge in [0.25, 0.3) is 5.91 Å². The number of aromatic nitrogens is 2. The molecule has 0 saturated carbocycles. The normalized spacial score (nSPS) is 17.1. The molecule has 12 heteroatoms. The minimum atomic E-state index is -4.57. The smallest absolute Gasteiger partial charge is 0.386 e. The second kappa shape index (κ2) is 11.8. The van der Waals surface area contributed by atoms with Gasteiger partial charge in [0.2, 0.25) is 0 Å². The maximum absolute atomic E-state index is 13.8. The Bertz CT molecular complexity index is 1510. The molecule has 0 radical (unpaired) electrons. The van der Waals surface area contributed by atoms with Crippen molar-refractivity contribution in [2.75, 3.05) is 13.1 Å². The number of amidine groups is 1. The van der Waals surface area contributed by atoms with Gasteiger partial charge in [-0.3, -0.25) is 9.48 Å². The highest BCUT2D eigenvalue weighted by atomic mass is 32.2. The third kappa shape index (κ3) is 6.70. The van der Waals surface area contributed by atoms with Gasteiger partial charge in [0, 0.05) is 18.5 Å². The minimum absolute atomic E-state index is 0.0621. The van der Waals surface area contributed by atoms with E-state index in [2.05, 4.69) is 15.0 Å². The van der Waals surface area contributed by atoms with Crippen LogP contribution in [0.3, 0.4) is 0 Å². The van der Waals surface area contributed by atoms with Crippen LogP contribution in [0.2, 0.25) is 0 Å². The molecule has 1 N–H and O–H groups in total. The fourth-order valence-electron chi connectivity index (χ4n) is 4.61. The fraction of sp³-hybridized carbons (Fsp3) is 0.357. The van der Waals surface area contributed by atoms with Gasteiger partial charge < -0.3 is 10.0 Å². The lowest BCUT2D eigenvalue weighted by molar-refractivity contribution is -0.191. The Hall–Kier alpha value is -3.73. The van der Waals surface area contributed by atoms with Crippen LogP contribution in [0.5, 0.6) is 0 Å². The van der Waals surface area contributed by atoms with E-state index in [1.807, 2.05) is 12.1 Å². The number of rotatable bonds is 4. The number of fused-ring (bicyclic) bond motifs is 1. The molecule has 0 bridgehead atoms. The van der Waals surface area contributed by atoms with E-state index in [1.165, 1.54) is 48.8 Å². The molecule has 3 heterocycles. The lowest BCUT2D eigenvalue weighted by Gasteiger charge is -2.27. The SMILES string of the molecule is CC(C)(O)c1ccc(Cn2ncc3cc(/C=C4\SC(N5CCCCC5)=NC4=O)ccc32)c(C(F)(F)F)c1.O=C=O. The number of amides is 1. The summed E-state index contributed by atoms with van der Waals surface area (Å²) in [7, 11) is 0. The molecule has 1 amide bonds. The van der Waals surface area contributed by atoms with E-state index in [9.17, 15) is 23.1 Å². The van der Waals surface area contributed by atoms with Gasteiger partial charge in [0.05, 0.1) is 34.3 Å². The average molecular weight is 573 g/mol. The predicted molar refractivity (Wildman–Crippen MR) is 144 cm³/mol. The molecule has 3 aromatic rings. The number of hydrogen-bond acceptors (Lipinski definition) is 7. The summed E-state index contributed by atoms with van der Waals surface area (Å²) in [6.07, 6.45) is 2.47. The highest BCUT2D eigenvalue weighted by Crippen LogP contribution is 2.36. The number of hydrogen-bond donors (Lipinski definition) is 1. The van der Waals surface area contributed by atoms with Crippen LogP contribution in [0.1, 0.15) is 55.4 Å². The van der Waals surface area contributed by atoms with E-state index in [4.69, 9.17) is 9.59 Å². The van der Waals surface area contributed by atoms with Crippen LogP contribution in [0, 0.1) is 0 Å². The standard InChI is InChI=1S/C27H27F3N4O2S.CO2/c1-26(2,36)20-8-7-18(21(14-20)27(28,29)30)16-34-22-9-6-17(12-19(22)15-31-34)13-23-24(35)32-25(37-23)33-10-4-3-5-11-33;2-1-3/h6-9,12-15,36H,3-5,10-11,16H2,1-2H3;/b23-13-;. The summed E-state index contributed by atoms with van der Waals surface area (Å²) in [4.78, 5) is 35.7. The molecule has 2 aliphatic rings. The van der Waals surface area contributed by atoms with Crippen molar-refractivity contribution >= 4 is 46.0 Å². The fourth-order valence-corrected chi connectivity index (χ4v) is 5.58. The van der Waals surface area contributed by atoms with Gasteiger partial charge in [0.1, 0.15) is 0 Å². The Morgan fingerprint density at radius 1 is 1.07 bits per heavy atom. The van der Waals surface area contributed by atoms with Crippen molar-refractivity contribution in [3.8, 4) is 0 Å². The second-order valence-electron chi connectivity index (χ2n) is 9.99. The molecule has 0 atom stereocenters. The van der Waals surface area contributed by atoms with Crippen molar-refractivity contribution < 1.29 is 32.7 Å². The van der Waals surface area contributed by atoms with Crippen molar-refractivity contribution in [1.29, 1.82) is 0 Å². The Labute approximate surface area is 232 Å². The maximum Gasteiger partial charge on any atom is 0.416 e. The van der Waals surface area contributed by atoms with Gasteiger partial charge in [-0.25, -0.2) is 0 Å². The van der Waals surface area contributed by atoms with Crippen LogP contribution >= 0.6 is 11.8 Å². The van der Waals surface area contributed by atoms with Crippen LogP contribution in [-0.4, -0.2) is 50.1 Å². The molecule has 0 unspecified atom stereocenters. The number of carbonyl (C=O) groups excluding carboxylic acids is 3. The number of benzene rings is 2. The summed E-state index contributed by atoms with van der Waals surface area (Å²) in [6.45, 7) is 4.65. The number of aliphatic hydroxyl groups is 1. The summed E-state index contributed by atoms with van der Waals surface area (Å²) in [5, 5.41) is 16.0. The zero-order valence-electron chi connectivity index (χ0n) is 21.9. The number of likely N-dealkylation sites (tertiary alicyclic amines) is 1. The van der Waals surface area contributed by atoms with Crippen molar-refractivity contribution in [1.82, 2.24) is 14.7 Å². The first-order valence-corrected chi connectivity index (χ1v) is 13.4. The summed E-state index contributed by atoms with van der Waals surface area (Å²) < 4.78 is 43.0. The average Bonchev–Trinajstić information content (AvgIpc) is 3.46. The van der Waals surface area contributed by atoms with Gasteiger partial charge in [-0.2, -0.15) is 32.9 Å². The summed E-state index contributed by atoms with van der Waals surface area (Å²) >= 11 is 1.38. The number of aliphatic imine (C=N–C) groups is 1. The molecule has 210 valence electrons. The Morgan fingerprint density at radius 2 is 1.77 bits per heavy atom. The number of carbonyl (C=O) groups is 1. The van der Waals surface area contributed by atoms with Crippen LogP contribution in [0.25, 0.3) is 17.0 Å². The minimum Gasteiger partial charge on any atom is -0.386 e. The third-order valence-corrected chi connectivity index (χ3v) is 7.69. The molecular weight excluding hydrogens is 545 g/mol. The van der Waals surface area contributed by atoms with E-state index in [0.717, 1.165) is 48.1 Å². The van der Waals surface area contributed by atoms with Gasteiger partial charge in [-0.1, -0.05) is 18.2 Å². The number of thioether (sulfide) groups is 1. The molecule has 5 rings (SSSR count). The number of halogens is 3. The van der Waals surface area contributed by atoms with E-state index >= 15 is 0 Å². The van der Waals surface area contributed by atoms with Crippen molar-refractivity contribution in [3.05, 3.63) is 69.8 Å². The van der Waals surface area contributed by atoms with Gasteiger partial charge >= 0.3 is 12.3 Å². The van der Waals surface area contributed by atoms with Crippen molar-refractivity contribution in [2.24, 2.45) is 4.99 Å². The van der Waals surface area contributed by atoms with Crippen molar-refractivity contribution in [3.63, 3.8) is 0 Å². The van der Waals surface area contributed by atoms with Crippen LogP contribution < -0.4 is 0 Å². The molecule has 2 aromatic carbocycles. The summed E-state index contributed by atoms with van der Waals surface area (Å²) in [6, 6.07) is 9.39. The van der Waals surface area contributed by atoms with Crippen LogP contribution in [-0.2, 0) is 32.7 Å². The Balaban J connectivity index is 0.00000118. The molecule has 2 aliphatic heterocycles. The first-order valence-electron chi connectivity index (χ1n) is 12.6. The topological polar surface area (TPSA) is 105 Å². The molecule has 1 fully saturated rings. The molecule has 8 nitrogen and oxygen atoms in total. The van der Waals surface area contributed by atoms with E-state index < -0.39 is 17.3 Å². The highest BCUT2D eigenvalue weighted by Gasteiger charge is 2.35. The van der Waals surface area contributed by atoms with E-state index in [0.29, 0.717) is 10.4 Å². The molecule has 0 spiro atoms. The summed E-state index contributed by atoms with van der Waals surface area (Å²) in [5.74, 6) is -0.254. The molecule has 0 aliphatic carbocycles. The van der Waals surface area contributed by atoms with E-state index in [1.54, 1.807) is 18.3 Å². The zero-order chi connectivity index (χ0) is 29.1. The second-order valence-corrected chi connectivity index (χ2v) is 11.0.